The average Bonchev–Trinajstić information content (AvgIpc) is 2.92. The van der Waals surface area contributed by atoms with Gasteiger partial charge >= 0.3 is 0 Å². The van der Waals surface area contributed by atoms with Crippen LogP contribution in [0.4, 0.5) is 5.82 Å². The minimum Gasteiger partial charge on any atom is -0.310 e. The van der Waals surface area contributed by atoms with Gasteiger partial charge in [-0.1, -0.05) is 49.7 Å². The molecule has 22 heavy (non-hydrogen) atoms. The van der Waals surface area contributed by atoms with Crippen LogP contribution in [0.15, 0.2) is 54.7 Å². The lowest BCUT2D eigenvalue weighted by atomic mass is 10.1. The number of fused-ring (bicyclic) bond motifs is 1. The van der Waals surface area contributed by atoms with Gasteiger partial charge in [0, 0.05) is 18.2 Å². The van der Waals surface area contributed by atoms with Gasteiger partial charge in [-0.25, -0.2) is 4.98 Å². The van der Waals surface area contributed by atoms with Crippen LogP contribution in [0.5, 0.6) is 0 Å². The maximum atomic E-state index is 12.1. The zero-order valence-corrected chi connectivity index (χ0v) is 12.6. The normalized spacial score (nSPS) is 10.8. The lowest BCUT2D eigenvalue weighted by molar-refractivity contribution is -0.116. The molecule has 0 bridgehead atoms. The quantitative estimate of drug-likeness (QED) is 0.768. The highest BCUT2D eigenvalue weighted by Crippen LogP contribution is 2.28. The summed E-state index contributed by atoms with van der Waals surface area (Å²) in [6.07, 6.45) is 4.35. The molecule has 4 heteroatoms. The topological polar surface area (TPSA) is 46.4 Å². The van der Waals surface area contributed by atoms with Crippen molar-refractivity contribution >= 4 is 17.4 Å². The fraction of sp³-hybridized carbons (Fsp3) is 0.222. The van der Waals surface area contributed by atoms with Crippen molar-refractivity contribution in [1.82, 2.24) is 9.38 Å². The molecule has 0 saturated heterocycles. The minimum atomic E-state index is 0.0321. The second-order valence-electron chi connectivity index (χ2n) is 5.26. The number of aromatic nitrogens is 2. The highest BCUT2D eigenvalue weighted by molar-refractivity contribution is 5.94. The molecule has 0 fully saturated rings. The van der Waals surface area contributed by atoms with Gasteiger partial charge in [0.2, 0.25) is 5.91 Å². The molecular formula is C18H19N3O. The third kappa shape index (κ3) is 2.86. The summed E-state index contributed by atoms with van der Waals surface area (Å²) in [5.41, 5.74) is 2.63. The first kappa shape index (κ1) is 14.3. The van der Waals surface area contributed by atoms with E-state index in [-0.39, 0.29) is 5.91 Å². The van der Waals surface area contributed by atoms with Crippen LogP contribution in [0.3, 0.4) is 0 Å². The number of unbranched alkanes of at least 4 members (excludes halogenated alkanes) is 1. The van der Waals surface area contributed by atoms with E-state index < -0.39 is 0 Å². The molecule has 3 rings (SSSR count). The first-order valence-electron chi connectivity index (χ1n) is 7.62. The van der Waals surface area contributed by atoms with E-state index in [0.29, 0.717) is 6.42 Å². The number of carbonyl (C=O) groups excluding carboxylic acids is 1. The fourth-order valence-corrected chi connectivity index (χ4v) is 2.44. The molecule has 0 unspecified atom stereocenters. The largest absolute Gasteiger partial charge is 0.310 e. The zero-order chi connectivity index (χ0) is 15.4. The predicted octanol–water partition coefficient (Wildman–Crippen LogP) is 4.13. The number of carbonyl (C=O) groups is 1. The zero-order valence-electron chi connectivity index (χ0n) is 12.6. The van der Waals surface area contributed by atoms with Crippen molar-refractivity contribution in [3.8, 4) is 11.3 Å². The van der Waals surface area contributed by atoms with Crippen molar-refractivity contribution in [2.45, 2.75) is 26.2 Å². The molecule has 1 aromatic carbocycles. The Morgan fingerprint density at radius 3 is 2.68 bits per heavy atom. The second-order valence-corrected chi connectivity index (χ2v) is 5.26. The molecule has 2 aromatic heterocycles. The Morgan fingerprint density at radius 1 is 1.14 bits per heavy atom. The lowest BCUT2D eigenvalue weighted by Crippen LogP contribution is -2.13. The maximum absolute atomic E-state index is 12.1. The monoisotopic (exact) mass is 293 g/mol. The summed E-state index contributed by atoms with van der Waals surface area (Å²) in [4.78, 5) is 16.8. The van der Waals surface area contributed by atoms with Gasteiger partial charge in [0.25, 0.3) is 0 Å². The van der Waals surface area contributed by atoms with Crippen molar-refractivity contribution in [3.63, 3.8) is 0 Å². The fourth-order valence-electron chi connectivity index (χ4n) is 2.44. The van der Waals surface area contributed by atoms with E-state index in [1.807, 2.05) is 59.1 Å². The number of nitrogens with zero attached hydrogens (tertiary/aromatic N) is 2. The molecule has 0 aliphatic heterocycles. The third-order valence-electron chi connectivity index (χ3n) is 3.59. The van der Waals surface area contributed by atoms with Crippen molar-refractivity contribution in [2.75, 3.05) is 5.32 Å². The van der Waals surface area contributed by atoms with Crippen LogP contribution in [0.1, 0.15) is 26.2 Å². The van der Waals surface area contributed by atoms with Gasteiger partial charge in [0.15, 0.2) is 0 Å². The van der Waals surface area contributed by atoms with E-state index >= 15 is 0 Å². The predicted molar refractivity (Wildman–Crippen MR) is 88.8 cm³/mol. The highest BCUT2D eigenvalue weighted by atomic mass is 16.1. The number of nitrogens with one attached hydrogen (secondary N) is 1. The molecule has 0 radical (unpaired) electrons. The van der Waals surface area contributed by atoms with E-state index in [4.69, 9.17) is 0 Å². The Bertz CT molecular complexity index is 777. The van der Waals surface area contributed by atoms with Crippen molar-refractivity contribution < 1.29 is 4.79 Å². The van der Waals surface area contributed by atoms with Crippen LogP contribution in [0, 0.1) is 0 Å². The Morgan fingerprint density at radius 2 is 1.91 bits per heavy atom. The van der Waals surface area contributed by atoms with Crippen LogP contribution < -0.4 is 5.32 Å². The summed E-state index contributed by atoms with van der Waals surface area (Å²) in [5, 5.41) is 3.03. The number of pyridine rings is 1. The smallest absolute Gasteiger partial charge is 0.225 e. The summed E-state index contributed by atoms with van der Waals surface area (Å²) in [5.74, 6) is 0.771. The maximum Gasteiger partial charge on any atom is 0.225 e. The Kier molecular flexibility index (Phi) is 4.19. The van der Waals surface area contributed by atoms with Gasteiger partial charge < -0.3 is 5.32 Å². The number of amides is 1. The molecule has 0 spiro atoms. The summed E-state index contributed by atoms with van der Waals surface area (Å²) in [6, 6.07) is 15.7. The molecule has 112 valence electrons. The number of hydrogen-bond donors (Lipinski definition) is 1. The Balaban J connectivity index is 2.04. The molecule has 0 atom stereocenters. The van der Waals surface area contributed by atoms with E-state index in [1.165, 1.54) is 0 Å². The second kappa shape index (κ2) is 6.43. The van der Waals surface area contributed by atoms with E-state index in [0.717, 1.165) is 35.6 Å². The van der Waals surface area contributed by atoms with Crippen LogP contribution >= 0.6 is 0 Å². The summed E-state index contributed by atoms with van der Waals surface area (Å²) in [7, 11) is 0. The standard InChI is InChI=1S/C18H19N3O/c1-2-3-12-16(22)20-18-17(14-9-5-4-6-10-14)19-15-11-7-8-13-21(15)18/h4-11,13H,2-3,12H2,1H3,(H,20,22). The van der Waals surface area contributed by atoms with Gasteiger partial charge in [-0.3, -0.25) is 9.20 Å². The molecule has 0 aliphatic carbocycles. The number of rotatable bonds is 5. The van der Waals surface area contributed by atoms with Gasteiger partial charge in [0.05, 0.1) is 0 Å². The Hall–Kier alpha value is -2.62. The minimum absolute atomic E-state index is 0.0321. The average molecular weight is 293 g/mol. The third-order valence-corrected chi connectivity index (χ3v) is 3.59. The van der Waals surface area contributed by atoms with Crippen LogP contribution in [-0.2, 0) is 4.79 Å². The molecule has 1 N–H and O–H groups in total. The van der Waals surface area contributed by atoms with Gasteiger partial charge in [-0.2, -0.15) is 0 Å². The van der Waals surface area contributed by atoms with Gasteiger partial charge in [-0.05, 0) is 18.6 Å². The van der Waals surface area contributed by atoms with Crippen LogP contribution in [0.2, 0.25) is 0 Å². The Labute approximate surface area is 129 Å². The molecule has 2 heterocycles. The molecule has 0 saturated carbocycles. The number of anilines is 1. The van der Waals surface area contributed by atoms with Crippen molar-refractivity contribution in [2.24, 2.45) is 0 Å². The molecule has 3 aromatic rings. The number of benzene rings is 1. The first-order chi connectivity index (χ1) is 10.8. The summed E-state index contributed by atoms with van der Waals surface area (Å²) in [6.45, 7) is 2.08. The van der Waals surface area contributed by atoms with Gasteiger partial charge in [-0.15, -0.1) is 0 Å². The van der Waals surface area contributed by atoms with E-state index in [9.17, 15) is 4.79 Å². The highest BCUT2D eigenvalue weighted by Gasteiger charge is 2.15. The molecule has 1 amide bonds. The SMILES string of the molecule is CCCCC(=O)Nc1c(-c2ccccc2)nc2ccccn12. The number of imidazole rings is 1. The summed E-state index contributed by atoms with van der Waals surface area (Å²) < 4.78 is 1.92. The van der Waals surface area contributed by atoms with Crippen LogP contribution in [0.25, 0.3) is 16.9 Å². The van der Waals surface area contributed by atoms with Crippen molar-refractivity contribution in [1.29, 1.82) is 0 Å². The molecule has 4 nitrogen and oxygen atoms in total. The molecule has 0 aliphatic rings. The first-order valence-corrected chi connectivity index (χ1v) is 7.62. The van der Waals surface area contributed by atoms with Crippen LogP contribution in [-0.4, -0.2) is 15.3 Å². The summed E-state index contributed by atoms with van der Waals surface area (Å²) >= 11 is 0. The van der Waals surface area contributed by atoms with E-state index in [1.54, 1.807) is 0 Å². The van der Waals surface area contributed by atoms with Gasteiger partial charge in [0.1, 0.15) is 17.2 Å². The van der Waals surface area contributed by atoms with Crippen molar-refractivity contribution in [3.05, 3.63) is 54.7 Å². The molecular weight excluding hydrogens is 274 g/mol. The lowest BCUT2D eigenvalue weighted by Gasteiger charge is -2.07. The number of hydrogen-bond acceptors (Lipinski definition) is 2. The van der Waals surface area contributed by atoms with E-state index in [2.05, 4.69) is 17.2 Å².